The van der Waals surface area contributed by atoms with Crippen molar-refractivity contribution in [2.45, 2.75) is 32.2 Å². The summed E-state index contributed by atoms with van der Waals surface area (Å²) in [6.45, 7) is 4.00. The lowest BCUT2D eigenvalue weighted by molar-refractivity contribution is 0.200. The summed E-state index contributed by atoms with van der Waals surface area (Å²) < 4.78 is 5.20. The van der Waals surface area contributed by atoms with Crippen LogP contribution < -0.4 is 10.1 Å². The summed E-state index contributed by atoms with van der Waals surface area (Å²) in [7, 11) is 0. The molecule has 0 bridgehead atoms. The largest absolute Gasteiger partial charge is 0.412 e. The van der Waals surface area contributed by atoms with Crippen LogP contribution in [0.2, 0.25) is 0 Å². The van der Waals surface area contributed by atoms with E-state index in [1.807, 2.05) is 50.2 Å². The van der Waals surface area contributed by atoms with E-state index in [9.17, 15) is 4.79 Å². The van der Waals surface area contributed by atoms with Gasteiger partial charge in [0.2, 0.25) is 0 Å². The number of ether oxygens (including phenoxy) is 1. The van der Waals surface area contributed by atoms with Crippen molar-refractivity contribution in [3.63, 3.8) is 0 Å². The molecule has 3 rings (SSSR count). The number of carbonyl (C=O) groups is 1. The molecule has 0 spiro atoms. The highest BCUT2D eigenvalue weighted by Gasteiger charge is 2.39. The third-order valence-corrected chi connectivity index (χ3v) is 3.28. The van der Waals surface area contributed by atoms with Gasteiger partial charge in [-0.2, -0.15) is 0 Å². The molecule has 21 heavy (non-hydrogen) atoms. The molecule has 1 fully saturated rings. The van der Waals surface area contributed by atoms with Crippen molar-refractivity contribution in [1.29, 1.82) is 0 Å². The lowest BCUT2D eigenvalue weighted by atomic mass is 10.1. The van der Waals surface area contributed by atoms with Crippen LogP contribution in [0.3, 0.4) is 0 Å². The lowest BCUT2D eigenvalue weighted by Crippen LogP contribution is -2.29. The van der Waals surface area contributed by atoms with Crippen LogP contribution in [0.5, 0.6) is 5.75 Å². The third kappa shape index (κ3) is 4.35. The fraction of sp³-hybridized carbons (Fsp3) is 0.278. The molecule has 110 valence electrons. The average Bonchev–Trinajstić information content (AvgIpc) is 3.30. The summed E-state index contributed by atoms with van der Waals surface area (Å²) in [5, 5.41) is 2.89. The number of hydrogen-bond donors (Lipinski definition) is 1. The zero-order valence-electron chi connectivity index (χ0n) is 12.5. The maximum absolute atomic E-state index is 11.7. The first-order valence-corrected chi connectivity index (χ1v) is 7.41. The maximum atomic E-state index is 11.7. The van der Waals surface area contributed by atoms with E-state index in [0.717, 1.165) is 6.42 Å². The zero-order chi connectivity index (χ0) is 15.1. The standard InChI is InChI=1S/C16H15NO2.C2H6/c18-16(19-13-9-5-2-6-10-13)17-15-11-14(15)12-7-3-1-4-8-12;1-2/h1-10,14-15H,11H2,(H,17,18);1-2H3/t14-,15+;/m0./s1. The molecule has 0 aliphatic heterocycles. The first-order chi connectivity index (χ1) is 10.3. The Morgan fingerprint density at radius 2 is 1.57 bits per heavy atom. The number of amides is 1. The van der Waals surface area contributed by atoms with Crippen molar-refractivity contribution in [1.82, 2.24) is 5.32 Å². The molecule has 2 aromatic rings. The van der Waals surface area contributed by atoms with Crippen LogP contribution in [0, 0.1) is 0 Å². The molecule has 3 heteroatoms. The van der Waals surface area contributed by atoms with Crippen molar-refractivity contribution >= 4 is 6.09 Å². The molecule has 2 atom stereocenters. The van der Waals surface area contributed by atoms with Gasteiger partial charge in [0.05, 0.1) is 0 Å². The minimum atomic E-state index is -0.380. The summed E-state index contributed by atoms with van der Waals surface area (Å²) in [5.41, 5.74) is 1.27. The summed E-state index contributed by atoms with van der Waals surface area (Å²) in [6.07, 6.45) is 0.600. The van der Waals surface area contributed by atoms with Gasteiger partial charge in [0.25, 0.3) is 0 Å². The lowest BCUT2D eigenvalue weighted by Gasteiger charge is -2.06. The van der Waals surface area contributed by atoms with Crippen LogP contribution in [0.15, 0.2) is 60.7 Å². The first kappa shape index (κ1) is 15.1. The number of rotatable bonds is 3. The minimum Gasteiger partial charge on any atom is -0.410 e. The van der Waals surface area contributed by atoms with E-state index in [4.69, 9.17) is 4.74 Å². The van der Waals surface area contributed by atoms with Crippen molar-refractivity contribution < 1.29 is 9.53 Å². The Hall–Kier alpha value is -2.29. The van der Waals surface area contributed by atoms with E-state index in [2.05, 4.69) is 17.4 Å². The van der Waals surface area contributed by atoms with Gasteiger partial charge in [0, 0.05) is 12.0 Å². The van der Waals surface area contributed by atoms with Gasteiger partial charge in [0.1, 0.15) is 5.75 Å². The number of para-hydroxylation sites is 1. The van der Waals surface area contributed by atoms with E-state index in [1.54, 1.807) is 12.1 Å². The normalized spacial score (nSPS) is 19.0. The van der Waals surface area contributed by atoms with Crippen LogP contribution in [-0.2, 0) is 0 Å². The molecule has 3 nitrogen and oxygen atoms in total. The summed E-state index contributed by atoms with van der Waals surface area (Å²) in [6, 6.07) is 19.5. The van der Waals surface area contributed by atoms with Gasteiger partial charge >= 0.3 is 6.09 Å². The number of hydrogen-bond acceptors (Lipinski definition) is 2. The minimum absolute atomic E-state index is 0.193. The molecule has 1 saturated carbocycles. The molecule has 0 radical (unpaired) electrons. The molecule has 1 aliphatic rings. The topological polar surface area (TPSA) is 38.3 Å². The van der Waals surface area contributed by atoms with Crippen LogP contribution in [0.4, 0.5) is 4.79 Å². The van der Waals surface area contributed by atoms with E-state index in [-0.39, 0.29) is 12.1 Å². The van der Waals surface area contributed by atoms with Gasteiger partial charge in [-0.15, -0.1) is 0 Å². The third-order valence-electron chi connectivity index (χ3n) is 3.28. The number of nitrogens with one attached hydrogen (secondary N) is 1. The van der Waals surface area contributed by atoms with Gasteiger partial charge in [-0.05, 0) is 24.1 Å². The Bertz CT molecular complexity index is 554. The SMILES string of the molecule is CC.O=C(N[C@@H]1C[C@H]1c1ccccc1)Oc1ccccc1. The number of carbonyl (C=O) groups excluding carboxylic acids is 1. The highest BCUT2D eigenvalue weighted by Crippen LogP contribution is 2.40. The second kappa shape index (κ2) is 7.48. The van der Waals surface area contributed by atoms with Crippen LogP contribution in [-0.4, -0.2) is 12.1 Å². The molecule has 0 aromatic heterocycles. The highest BCUT2D eigenvalue weighted by molar-refractivity contribution is 5.71. The first-order valence-electron chi connectivity index (χ1n) is 7.41. The van der Waals surface area contributed by atoms with E-state index in [0.29, 0.717) is 11.7 Å². The molecular weight excluding hydrogens is 262 g/mol. The molecular formula is C18H21NO2. The fourth-order valence-electron chi connectivity index (χ4n) is 2.20. The molecule has 1 N–H and O–H groups in total. The Morgan fingerprint density at radius 3 is 2.19 bits per heavy atom. The Labute approximate surface area is 126 Å². The highest BCUT2D eigenvalue weighted by atomic mass is 16.6. The van der Waals surface area contributed by atoms with Gasteiger partial charge in [-0.25, -0.2) is 4.79 Å². The van der Waals surface area contributed by atoms with Gasteiger partial charge < -0.3 is 10.1 Å². The van der Waals surface area contributed by atoms with Crippen molar-refractivity contribution in [2.75, 3.05) is 0 Å². The van der Waals surface area contributed by atoms with Crippen LogP contribution >= 0.6 is 0 Å². The summed E-state index contributed by atoms with van der Waals surface area (Å²) >= 11 is 0. The fourth-order valence-corrected chi connectivity index (χ4v) is 2.20. The molecule has 2 aromatic carbocycles. The van der Waals surface area contributed by atoms with Crippen molar-refractivity contribution in [2.24, 2.45) is 0 Å². The summed E-state index contributed by atoms with van der Waals surface area (Å²) in [4.78, 5) is 11.7. The van der Waals surface area contributed by atoms with Crippen molar-refractivity contribution in [3.8, 4) is 5.75 Å². The molecule has 0 saturated heterocycles. The predicted molar refractivity (Wildman–Crippen MR) is 84.5 cm³/mol. The molecule has 1 aliphatic carbocycles. The second-order valence-electron chi connectivity index (χ2n) is 4.71. The van der Waals surface area contributed by atoms with Gasteiger partial charge in [-0.3, -0.25) is 0 Å². The molecule has 0 unspecified atom stereocenters. The van der Waals surface area contributed by atoms with Crippen molar-refractivity contribution in [3.05, 3.63) is 66.2 Å². The van der Waals surface area contributed by atoms with Crippen LogP contribution in [0.25, 0.3) is 0 Å². The maximum Gasteiger partial charge on any atom is 0.412 e. The van der Waals surface area contributed by atoms with E-state index in [1.165, 1.54) is 5.56 Å². The Kier molecular flexibility index (Phi) is 5.38. The van der Waals surface area contributed by atoms with Crippen LogP contribution in [0.1, 0.15) is 31.7 Å². The second-order valence-corrected chi connectivity index (χ2v) is 4.71. The Morgan fingerprint density at radius 1 is 1.00 bits per heavy atom. The quantitative estimate of drug-likeness (QED) is 0.909. The zero-order valence-corrected chi connectivity index (χ0v) is 12.5. The Balaban J connectivity index is 0.000000774. The van der Waals surface area contributed by atoms with Gasteiger partial charge in [0.15, 0.2) is 0 Å². The average molecular weight is 283 g/mol. The summed E-state index contributed by atoms with van der Waals surface area (Å²) in [5.74, 6) is 0.987. The van der Waals surface area contributed by atoms with Gasteiger partial charge in [-0.1, -0.05) is 62.4 Å². The smallest absolute Gasteiger partial charge is 0.410 e. The van der Waals surface area contributed by atoms with E-state index >= 15 is 0 Å². The molecule has 1 amide bonds. The number of benzene rings is 2. The predicted octanol–water partition coefficient (Wildman–Crippen LogP) is 4.36. The van der Waals surface area contributed by atoms with E-state index < -0.39 is 0 Å². The molecule has 0 heterocycles. The monoisotopic (exact) mass is 283 g/mol.